The van der Waals surface area contributed by atoms with Crippen molar-refractivity contribution in [2.24, 2.45) is 0 Å². The van der Waals surface area contributed by atoms with Gasteiger partial charge in [0.1, 0.15) is 6.10 Å². The number of carbonyl (C=O) groups excluding carboxylic acids is 1. The second kappa shape index (κ2) is 11.6. The van der Waals surface area contributed by atoms with Gasteiger partial charge in [-0.1, -0.05) is 45.1 Å². The van der Waals surface area contributed by atoms with Crippen LogP contribution in [0.1, 0.15) is 71.1 Å². The van der Waals surface area contributed by atoms with Gasteiger partial charge in [-0.2, -0.15) is 0 Å². The summed E-state index contributed by atoms with van der Waals surface area (Å²) in [5.74, 6) is -0.382. The minimum absolute atomic E-state index is 0.199. The number of esters is 1. The quantitative estimate of drug-likeness (QED) is 0.378. The van der Waals surface area contributed by atoms with Crippen molar-refractivity contribution in [2.45, 2.75) is 95.5 Å². The Labute approximate surface area is 139 Å². The fourth-order valence-electron chi connectivity index (χ4n) is 2.94. The molecule has 0 spiro atoms. The van der Waals surface area contributed by atoms with E-state index in [1.807, 2.05) is 0 Å². The Morgan fingerprint density at radius 3 is 2.48 bits per heavy atom. The molecule has 0 saturated carbocycles. The van der Waals surface area contributed by atoms with Crippen LogP contribution >= 0.6 is 0 Å². The van der Waals surface area contributed by atoms with Crippen LogP contribution in [0.3, 0.4) is 0 Å². The highest BCUT2D eigenvalue weighted by atomic mass is 16.5. The Morgan fingerprint density at radius 2 is 1.78 bits per heavy atom. The van der Waals surface area contributed by atoms with Crippen LogP contribution in [0.25, 0.3) is 0 Å². The summed E-state index contributed by atoms with van der Waals surface area (Å²) in [6.45, 7) is 2.17. The first-order valence-electron chi connectivity index (χ1n) is 8.92. The Balaban J connectivity index is 2.13. The molecule has 4 atom stereocenters. The van der Waals surface area contributed by atoms with Gasteiger partial charge in [-0.15, -0.1) is 0 Å². The number of aliphatic hydroxyl groups is 3. The first-order chi connectivity index (χ1) is 11.0. The molecule has 23 heavy (non-hydrogen) atoms. The summed E-state index contributed by atoms with van der Waals surface area (Å²) in [5.41, 5.74) is 0. The topological polar surface area (TPSA) is 87.0 Å². The average Bonchev–Trinajstić information content (AvgIpc) is 2.46. The summed E-state index contributed by atoms with van der Waals surface area (Å²) in [6, 6.07) is 0. The molecule has 0 aromatic rings. The highest BCUT2D eigenvalue weighted by molar-refractivity contribution is 5.82. The van der Waals surface area contributed by atoms with E-state index in [1.165, 1.54) is 25.3 Å². The van der Waals surface area contributed by atoms with Gasteiger partial charge in [-0.3, -0.25) is 0 Å². The van der Waals surface area contributed by atoms with E-state index in [-0.39, 0.29) is 24.9 Å². The molecule has 0 aromatic heterocycles. The number of ether oxygens (including phenoxy) is 1. The molecular weight excluding hydrogens is 296 g/mol. The average molecular weight is 328 g/mol. The summed E-state index contributed by atoms with van der Waals surface area (Å²) in [4.78, 5) is 11.1. The number of unbranched alkanes of at least 4 members (excludes halogenated alkanes) is 4. The van der Waals surface area contributed by atoms with Crippen molar-refractivity contribution in [1.29, 1.82) is 0 Å². The lowest BCUT2D eigenvalue weighted by Gasteiger charge is -2.23. The summed E-state index contributed by atoms with van der Waals surface area (Å²) >= 11 is 0. The summed E-state index contributed by atoms with van der Waals surface area (Å²) in [5, 5.41) is 29.9. The van der Waals surface area contributed by atoms with Crippen LogP contribution in [0.2, 0.25) is 0 Å². The molecular formula is C18H32O5. The third-order valence-corrected chi connectivity index (χ3v) is 4.20. The predicted molar refractivity (Wildman–Crippen MR) is 88.9 cm³/mol. The van der Waals surface area contributed by atoms with E-state index in [2.05, 4.69) is 6.92 Å². The van der Waals surface area contributed by atoms with E-state index in [0.717, 1.165) is 12.8 Å². The number of hydrogen-bond donors (Lipinski definition) is 3. The lowest BCUT2D eigenvalue weighted by Crippen LogP contribution is -2.28. The molecule has 0 saturated heterocycles. The van der Waals surface area contributed by atoms with Crippen LogP contribution in [-0.2, 0) is 9.53 Å². The monoisotopic (exact) mass is 328 g/mol. The van der Waals surface area contributed by atoms with Crippen molar-refractivity contribution >= 4 is 5.97 Å². The van der Waals surface area contributed by atoms with Gasteiger partial charge < -0.3 is 20.1 Å². The minimum atomic E-state index is -0.731. The van der Waals surface area contributed by atoms with Gasteiger partial charge in [0.25, 0.3) is 0 Å². The Bertz CT molecular complexity index is 355. The third-order valence-electron chi connectivity index (χ3n) is 4.20. The number of cyclic esters (lactones) is 1. The first-order valence-corrected chi connectivity index (χ1v) is 8.92. The number of rotatable bonds is 12. The smallest absolute Gasteiger partial charge is 0.330 e. The lowest BCUT2D eigenvalue weighted by atomic mass is 9.97. The number of hydrogen-bond acceptors (Lipinski definition) is 5. The van der Waals surface area contributed by atoms with Crippen molar-refractivity contribution in [3.63, 3.8) is 0 Å². The molecule has 1 rings (SSSR count). The van der Waals surface area contributed by atoms with E-state index < -0.39 is 18.3 Å². The highest BCUT2D eigenvalue weighted by Gasteiger charge is 2.22. The molecule has 0 bridgehead atoms. The second-order valence-corrected chi connectivity index (χ2v) is 6.57. The normalized spacial score (nSPS) is 21.7. The number of aliphatic hydroxyl groups excluding tert-OH is 3. The van der Waals surface area contributed by atoms with Crippen LogP contribution in [0, 0.1) is 0 Å². The van der Waals surface area contributed by atoms with Gasteiger partial charge in [0.15, 0.2) is 0 Å². The maximum absolute atomic E-state index is 11.1. The van der Waals surface area contributed by atoms with Crippen LogP contribution < -0.4 is 0 Å². The van der Waals surface area contributed by atoms with Gasteiger partial charge in [0, 0.05) is 18.9 Å². The van der Waals surface area contributed by atoms with Crippen LogP contribution in [-0.4, -0.2) is 45.7 Å². The molecule has 5 nitrogen and oxygen atoms in total. The lowest BCUT2D eigenvalue weighted by molar-refractivity contribution is -0.145. The van der Waals surface area contributed by atoms with E-state index in [4.69, 9.17) is 4.74 Å². The van der Waals surface area contributed by atoms with Crippen LogP contribution in [0.15, 0.2) is 12.2 Å². The molecule has 134 valence electrons. The molecule has 0 fully saturated rings. The maximum Gasteiger partial charge on any atom is 0.330 e. The molecule has 1 aliphatic rings. The van der Waals surface area contributed by atoms with Crippen molar-refractivity contribution in [2.75, 3.05) is 0 Å². The van der Waals surface area contributed by atoms with Crippen LogP contribution in [0.5, 0.6) is 0 Å². The van der Waals surface area contributed by atoms with E-state index >= 15 is 0 Å². The molecule has 0 aliphatic carbocycles. The fraction of sp³-hybridized carbons (Fsp3) is 0.833. The van der Waals surface area contributed by atoms with E-state index in [0.29, 0.717) is 19.3 Å². The molecule has 0 radical (unpaired) electrons. The maximum atomic E-state index is 11.1. The van der Waals surface area contributed by atoms with Gasteiger partial charge in [-0.25, -0.2) is 4.79 Å². The van der Waals surface area contributed by atoms with E-state index in [9.17, 15) is 20.1 Å². The van der Waals surface area contributed by atoms with Crippen LogP contribution in [0.4, 0.5) is 0 Å². The Morgan fingerprint density at radius 1 is 1.09 bits per heavy atom. The number of carbonyl (C=O) groups is 1. The van der Waals surface area contributed by atoms with Gasteiger partial charge in [0.2, 0.25) is 0 Å². The van der Waals surface area contributed by atoms with Crippen molar-refractivity contribution in [3.8, 4) is 0 Å². The van der Waals surface area contributed by atoms with Gasteiger partial charge in [-0.05, 0) is 19.3 Å². The van der Waals surface area contributed by atoms with Crippen molar-refractivity contribution in [1.82, 2.24) is 0 Å². The minimum Gasteiger partial charge on any atom is -0.459 e. The zero-order chi connectivity index (χ0) is 17.1. The van der Waals surface area contributed by atoms with E-state index in [1.54, 1.807) is 6.08 Å². The van der Waals surface area contributed by atoms with Crippen molar-refractivity contribution < 1.29 is 24.9 Å². The molecule has 3 N–H and O–H groups in total. The molecule has 0 aromatic carbocycles. The Hall–Kier alpha value is -0.910. The fourth-order valence-corrected chi connectivity index (χ4v) is 2.94. The molecule has 0 amide bonds. The van der Waals surface area contributed by atoms with Crippen molar-refractivity contribution in [3.05, 3.63) is 12.2 Å². The largest absolute Gasteiger partial charge is 0.459 e. The molecule has 1 heterocycles. The standard InChI is InChI=1S/C18H32O5/c1-2-3-4-5-6-8-14(19)11-15(20)12-16(21)13-17-9-7-10-18(22)23-17/h7,10,14-17,19-21H,2-6,8-9,11-13H2,1H3/t14-,15-,16-,17+/m1/s1. The second-order valence-electron chi connectivity index (χ2n) is 6.57. The predicted octanol–water partition coefficient (Wildman–Crippen LogP) is 2.47. The summed E-state index contributed by atoms with van der Waals surface area (Å²) < 4.78 is 5.09. The molecule has 1 aliphatic heterocycles. The molecule has 5 heteroatoms. The summed E-state index contributed by atoms with van der Waals surface area (Å²) in [6.07, 6.45) is 8.63. The zero-order valence-electron chi connectivity index (χ0n) is 14.2. The van der Waals surface area contributed by atoms with Gasteiger partial charge >= 0.3 is 5.97 Å². The van der Waals surface area contributed by atoms with Gasteiger partial charge in [0.05, 0.1) is 18.3 Å². The third kappa shape index (κ3) is 9.74. The highest BCUT2D eigenvalue weighted by Crippen LogP contribution is 2.18. The first kappa shape index (κ1) is 20.1. The summed E-state index contributed by atoms with van der Waals surface area (Å²) in [7, 11) is 0. The SMILES string of the molecule is CCCCCCC[C@@H](O)C[C@@H](O)C[C@@H](O)C[C@@H]1CC=CC(=O)O1. The zero-order valence-corrected chi connectivity index (χ0v) is 14.2. The molecule has 0 unspecified atom stereocenters. The Kier molecular flexibility index (Phi) is 10.2.